The highest BCUT2D eigenvalue weighted by molar-refractivity contribution is 5.77. The van der Waals surface area contributed by atoms with Gasteiger partial charge < -0.3 is 14.3 Å². The number of fused-ring (bicyclic) bond motifs is 1. The third-order valence-corrected chi connectivity index (χ3v) is 5.00. The number of aryl methyl sites for hydroxylation is 1. The van der Waals surface area contributed by atoms with Crippen molar-refractivity contribution in [1.29, 1.82) is 0 Å². The van der Waals surface area contributed by atoms with E-state index in [-0.39, 0.29) is 5.91 Å². The molecule has 1 fully saturated rings. The van der Waals surface area contributed by atoms with Gasteiger partial charge in [0.25, 0.3) is 0 Å². The van der Waals surface area contributed by atoms with Crippen molar-refractivity contribution < 1.29 is 9.21 Å². The number of nitrogens with zero attached hydrogens (tertiary/aromatic N) is 4. The van der Waals surface area contributed by atoms with E-state index in [4.69, 9.17) is 4.42 Å². The Morgan fingerprint density at radius 1 is 1.29 bits per heavy atom. The summed E-state index contributed by atoms with van der Waals surface area (Å²) < 4.78 is 7.52. The number of amides is 1. The summed E-state index contributed by atoms with van der Waals surface area (Å²) in [4.78, 5) is 14.3. The minimum atomic E-state index is 0.0493. The van der Waals surface area contributed by atoms with Crippen molar-refractivity contribution in [3.05, 3.63) is 35.8 Å². The predicted molar refractivity (Wildman–Crippen MR) is 87.3 cm³/mol. The van der Waals surface area contributed by atoms with E-state index in [1.807, 2.05) is 12.1 Å². The lowest BCUT2D eigenvalue weighted by Gasteiger charge is -2.30. The molecule has 128 valence electrons. The fourth-order valence-electron chi connectivity index (χ4n) is 3.68. The van der Waals surface area contributed by atoms with Crippen LogP contribution in [0.2, 0.25) is 0 Å². The molecule has 1 amide bonds. The number of nitrogens with one attached hydrogen (secondary N) is 1. The van der Waals surface area contributed by atoms with Gasteiger partial charge in [-0.15, -0.1) is 10.2 Å². The van der Waals surface area contributed by atoms with E-state index in [1.54, 1.807) is 6.26 Å². The first-order valence-corrected chi connectivity index (χ1v) is 8.73. The molecule has 0 bridgehead atoms. The average molecular weight is 329 g/mol. The number of rotatable bonds is 5. The molecule has 1 N–H and O–H groups in total. The van der Waals surface area contributed by atoms with Crippen molar-refractivity contribution in [2.24, 2.45) is 0 Å². The van der Waals surface area contributed by atoms with Crippen molar-refractivity contribution >= 4 is 5.91 Å². The van der Waals surface area contributed by atoms with Crippen LogP contribution in [0.3, 0.4) is 0 Å². The second-order valence-electron chi connectivity index (χ2n) is 6.64. The summed E-state index contributed by atoms with van der Waals surface area (Å²) in [5, 5.41) is 11.6. The molecule has 2 aromatic heterocycles. The zero-order valence-corrected chi connectivity index (χ0v) is 13.8. The van der Waals surface area contributed by atoms with Crippen molar-refractivity contribution in [2.75, 3.05) is 19.6 Å². The molecule has 0 saturated carbocycles. The van der Waals surface area contributed by atoms with Crippen LogP contribution in [-0.2, 0) is 24.3 Å². The first-order chi connectivity index (χ1) is 11.8. The van der Waals surface area contributed by atoms with Crippen molar-refractivity contribution in [3.63, 3.8) is 0 Å². The van der Waals surface area contributed by atoms with Gasteiger partial charge in [-0.3, -0.25) is 9.69 Å². The number of aromatic nitrogens is 3. The van der Waals surface area contributed by atoms with Gasteiger partial charge in [0.2, 0.25) is 5.91 Å². The Bertz CT molecular complexity index is 686. The number of piperidine rings is 1. The Morgan fingerprint density at radius 3 is 2.96 bits per heavy atom. The van der Waals surface area contributed by atoms with E-state index in [1.165, 1.54) is 6.42 Å². The molecule has 0 atom stereocenters. The third kappa shape index (κ3) is 3.21. The maximum absolute atomic E-state index is 12.0. The zero-order valence-electron chi connectivity index (χ0n) is 13.8. The molecule has 0 aromatic carbocycles. The highest BCUT2D eigenvalue weighted by Crippen LogP contribution is 2.29. The van der Waals surface area contributed by atoms with Crippen LogP contribution in [-0.4, -0.2) is 45.2 Å². The SMILES string of the molecule is O=C(CN1CCC(c2nnc3n2CCC3)CC1)NCc1ccco1. The van der Waals surface area contributed by atoms with E-state index < -0.39 is 0 Å². The quantitative estimate of drug-likeness (QED) is 0.895. The van der Waals surface area contributed by atoms with Gasteiger partial charge in [-0.2, -0.15) is 0 Å². The molecule has 4 rings (SSSR count). The van der Waals surface area contributed by atoms with Gasteiger partial charge in [-0.05, 0) is 44.5 Å². The summed E-state index contributed by atoms with van der Waals surface area (Å²) >= 11 is 0. The van der Waals surface area contributed by atoms with Crippen LogP contribution in [0.1, 0.15) is 42.6 Å². The van der Waals surface area contributed by atoms with Crippen molar-refractivity contribution in [3.8, 4) is 0 Å². The summed E-state index contributed by atoms with van der Waals surface area (Å²) in [6.07, 6.45) is 5.95. The Kier molecular flexibility index (Phi) is 4.34. The fourth-order valence-corrected chi connectivity index (χ4v) is 3.68. The lowest BCUT2D eigenvalue weighted by molar-refractivity contribution is -0.122. The van der Waals surface area contributed by atoms with Crippen LogP contribution in [0.4, 0.5) is 0 Å². The molecule has 0 spiro atoms. The lowest BCUT2D eigenvalue weighted by atomic mass is 9.96. The van der Waals surface area contributed by atoms with E-state index in [2.05, 4.69) is 25.0 Å². The van der Waals surface area contributed by atoms with Gasteiger partial charge in [-0.1, -0.05) is 0 Å². The van der Waals surface area contributed by atoms with Gasteiger partial charge in [-0.25, -0.2) is 0 Å². The molecule has 7 heteroatoms. The average Bonchev–Trinajstić information content (AvgIpc) is 3.32. The third-order valence-electron chi connectivity index (χ3n) is 5.00. The highest BCUT2D eigenvalue weighted by atomic mass is 16.3. The number of furan rings is 1. The first-order valence-electron chi connectivity index (χ1n) is 8.73. The smallest absolute Gasteiger partial charge is 0.234 e. The molecule has 0 unspecified atom stereocenters. The number of carbonyl (C=O) groups is 1. The molecule has 24 heavy (non-hydrogen) atoms. The molecule has 1 saturated heterocycles. The molecular formula is C17H23N5O2. The molecule has 0 aliphatic carbocycles. The van der Waals surface area contributed by atoms with E-state index in [0.29, 0.717) is 19.0 Å². The normalized spacial score (nSPS) is 18.7. The molecule has 2 aliphatic rings. The van der Waals surface area contributed by atoms with Gasteiger partial charge >= 0.3 is 0 Å². The van der Waals surface area contributed by atoms with Gasteiger partial charge in [0.05, 0.1) is 19.4 Å². The molecule has 2 aromatic rings. The maximum Gasteiger partial charge on any atom is 0.234 e. The van der Waals surface area contributed by atoms with Crippen LogP contribution in [0.25, 0.3) is 0 Å². The fraction of sp³-hybridized carbons (Fsp3) is 0.588. The highest BCUT2D eigenvalue weighted by Gasteiger charge is 2.28. The van der Waals surface area contributed by atoms with Crippen LogP contribution in [0.15, 0.2) is 22.8 Å². The van der Waals surface area contributed by atoms with Gasteiger partial charge in [0.15, 0.2) is 0 Å². The number of hydrogen-bond acceptors (Lipinski definition) is 5. The van der Waals surface area contributed by atoms with Crippen LogP contribution < -0.4 is 5.32 Å². The van der Waals surface area contributed by atoms with Crippen LogP contribution in [0, 0.1) is 0 Å². The summed E-state index contributed by atoms with van der Waals surface area (Å²) in [5.41, 5.74) is 0. The zero-order chi connectivity index (χ0) is 16.4. The summed E-state index contributed by atoms with van der Waals surface area (Å²) in [7, 11) is 0. The topological polar surface area (TPSA) is 76.2 Å². The summed E-state index contributed by atoms with van der Waals surface area (Å²) in [5.74, 6) is 3.61. The monoisotopic (exact) mass is 329 g/mol. The second kappa shape index (κ2) is 6.76. The molecule has 2 aliphatic heterocycles. The van der Waals surface area contributed by atoms with Gasteiger partial charge in [0.1, 0.15) is 17.4 Å². The number of hydrogen-bond donors (Lipinski definition) is 1. The van der Waals surface area contributed by atoms with Crippen molar-refractivity contribution in [1.82, 2.24) is 25.0 Å². The number of likely N-dealkylation sites (tertiary alicyclic amines) is 1. The standard InChI is InChI=1S/C17H23N5O2/c23-16(18-11-14-3-2-10-24-14)12-21-8-5-13(6-9-21)17-20-19-15-4-1-7-22(15)17/h2-3,10,13H,1,4-9,11-12H2,(H,18,23). The summed E-state index contributed by atoms with van der Waals surface area (Å²) in [6.45, 7) is 3.83. The Morgan fingerprint density at radius 2 is 2.17 bits per heavy atom. The molecule has 7 nitrogen and oxygen atoms in total. The van der Waals surface area contributed by atoms with Crippen LogP contribution >= 0.6 is 0 Å². The summed E-state index contributed by atoms with van der Waals surface area (Å²) in [6, 6.07) is 3.69. The lowest BCUT2D eigenvalue weighted by Crippen LogP contribution is -2.41. The molecule has 4 heterocycles. The molecular weight excluding hydrogens is 306 g/mol. The minimum Gasteiger partial charge on any atom is -0.467 e. The van der Waals surface area contributed by atoms with E-state index >= 15 is 0 Å². The maximum atomic E-state index is 12.0. The minimum absolute atomic E-state index is 0.0493. The van der Waals surface area contributed by atoms with Crippen molar-refractivity contribution in [2.45, 2.75) is 44.7 Å². The number of carbonyl (C=O) groups excluding carboxylic acids is 1. The Balaban J connectivity index is 1.24. The largest absolute Gasteiger partial charge is 0.467 e. The van der Waals surface area contributed by atoms with E-state index in [0.717, 1.165) is 56.3 Å². The predicted octanol–water partition coefficient (Wildman–Crippen LogP) is 1.31. The van der Waals surface area contributed by atoms with Gasteiger partial charge in [0, 0.05) is 18.9 Å². The molecule has 0 radical (unpaired) electrons. The Labute approximate surface area is 141 Å². The Hall–Kier alpha value is -2.15. The second-order valence-corrected chi connectivity index (χ2v) is 6.64. The first kappa shape index (κ1) is 15.4. The van der Waals surface area contributed by atoms with Crippen LogP contribution in [0.5, 0.6) is 0 Å². The van der Waals surface area contributed by atoms with E-state index in [9.17, 15) is 4.79 Å².